The summed E-state index contributed by atoms with van der Waals surface area (Å²) in [6, 6.07) is 9.57. The van der Waals surface area contributed by atoms with Crippen molar-refractivity contribution >= 4 is 12.1 Å². The lowest BCUT2D eigenvalue weighted by Gasteiger charge is -2.34. The number of carboxylic acids is 1. The van der Waals surface area contributed by atoms with Crippen molar-refractivity contribution < 1.29 is 19.4 Å². The molecule has 0 saturated heterocycles. The summed E-state index contributed by atoms with van der Waals surface area (Å²) < 4.78 is 5.24. The number of alkyl carbamates (subject to hydrolysis) is 1. The molecule has 0 aliphatic heterocycles. The van der Waals surface area contributed by atoms with E-state index in [0.29, 0.717) is 12.8 Å². The van der Waals surface area contributed by atoms with Gasteiger partial charge in [0.1, 0.15) is 5.60 Å². The minimum absolute atomic E-state index is 0.217. The number of amides is 1. The quantitative estimate of drug-likeness (QED) is 0.893. The molecular weight excluding hydrogens is 294 g/mol. The van der Waals surface area contributed by atoms with Crippen LogP contribution in [0.5, 0.6) is 0 Å². The zero-order valence-corrected chi connectivity index (χ0v) is 13.9. The first-order chi connectivity index (χ1) is 10.8. The molecule has 0 heterocycles. The number of ether oxygens (including phenoxy) is 1. The fourth-order valence-electron chi connectivity index (χ4n) is 3.10. The van der Waals surface area contributed by atoms with Crippen LogP contribution in [-0.2, 0) is 9.53 Å². The minimum atomic E-state index is -0.869. The number of aliphatic carboxylic acids is 1. The average Bonchev–Trinajstić information content (AvgIpc) is 2.46. The zero-order valence-electron chi connectivity index (χ0n) is 13.9. The van der Waals surface area contributed by atoms with E-state index in [9.17, 15) is 14.7 Å². The number of hydrogen-bond donors (Lipinski definition) is 2. The van der Waals surface area contributed by atoms with Crippen LogP contribution in [0.25, 0.3) is 0 Å². The maximum Gasteiger partial charge on any atom is 0.407 e. The van der Waals surface area contributed by atoms with E-state index in [-0.39, 0.29) is 12.0 Å². The van der Waals surface area contributed by atoms with Crippen LogP contribution in [0.1, 0.15) is 51.5 Å². The molecule has 1 amide bonds. The van der Waals surface area contributed by atoms with Crippen molar-refractivity contribution in [3.8, 4) is 0 Å². The topological polar surface area (TPSA) is 75.6 Å². The van der Waals surface area contributed by atoms with E-state index >= 15 is 0 Å². The molecule has 1 aromatic carbocycles. The van der Waals surface area contributed by atoms with Crippen molar-refractivity contribution in [2.75, 3.05) is 0 Å². The highest BCUT2D eigenvalue weighted by Gasteiger charge is 2.37. The monoisotopic (exact) mass is 319 g/mol. The molecule has 5 nitrogen and oxygen atoms in total. The van der Waals surface area contributed by atoms with E-state index in [1.54, 1.807) is 20.8 Å². The molecule has 5 heteroatoms. The van der Waals surface area contributed by atoms with Gasteiger partial charge in [-0.3, -0.25) is 4.79 Å². The summed E-state index contributed by atoms with van der Waals surface area (Å²) in [4.78, 5) is 23.5. The van der Waals surface area contributed by atoms with E-state index in [1.807, 2.05) is 30.3 Å². The van der Waals surface area contributed by atoms with Gasteiger partial charge in [-0.05, 0) is 51.5 Å². The number of carbonyl (C=O) groups excluding carboxylic acids is 1. The van der Waals surface area contributed by atoms with Gasteiger partial charge in [-0.15, -0.1) is 0 Å². The Kier molecular flexibility index (Phi) is 5.29. The normalized spacial score (nSPS) is 24.7. The Morgan fingerprint density at radius 1 is 1.17 bits per heavy atom. The predicted octanol–water partition coefficient (Wildman–Crippen LogP) is 3.55. The number of carbonyl (C=O) groups is 2. The molecular formula is C18H25NO4. The molecule has 1 aliphatic carbocycles. The molecule has 0 spiro atoms. The van der Waals surface area contributed by atoms with Crippen molar-refractivity contribution in [1.82, 2.24) is 5.32 Å². The van der Waals surface area contributed by atoms with Gasteiger partial charge < -0.3 is 15.2 Å². The highest BCUT2D eigenvalue weighted by atomic mass is 16.6. The van der Waals surface area contributed by atoms with Gasteiger partial charge in [0.05, 0.1) is 5.92 Å². The molecule has 0 radical (unpaired) electrons. The highest BCUT2D eigenvalue weighted by molar-refractivity contribution is 5.74. The first-order valence-corrected chi connectivity index (χ1v) is 8.03. The lowest BCUT2D eigenvalue weighted by Crippen LogP contribution is -2.47. The van der Waals surface area contributed by atoms with Crippen LogP contribution >= 0.6 is 0 Å². The predicted molar refractivity (Wildman–Crippen MR) is 87.3 cm³/mol. The second-order valence-electron chi connectivity index (χ2n) is 7.12. The minimum Gasteiger partial charge on any atom is -0.481 e. The number of nitrogens with one attached hydrogen (secondary N) is 1. The van der Waals surface area contributed by atoms with E-state index in [4.69, 9.17) is 4.74 Å². The van der Waals surface area contributed by atoms with Crippen LogP contribution in [0.2, 0.25) is 0 Å². The van der Waals surface area contributed by atoms with Crippen LogP contribution in [-0.4, -0.2) is 28.8 Å². The summed E-state index contributed by atoms with van der Waals surface area (Å²) in [5.41, 5.74) is 0.568. The largest absolute Gasteiger partial charge is 0.481 e. The van der Waals surface area contributed by atoms with Crippen molar-refractivity contribution in [1.29, 1.82) is 0 Å². The van der Waals surface area contributed by atoms with Crippen LogP contribution in [0.4, 0.5) is 4.79 Å². The lowest BCUT2D eigenvalue weighted by molar-refractivity contribution is -0.143. The maximum absolute atomic E-state index is 11.9. The first kappa shape index (κ1) is 17.3. The average molecular weight is 319 g/mol. The third-order valence-corrected chi connectivity index (χ3v) is 4.14. The summed E-state index contributed by atoms with van der Waals surface area (Å²) in [5, 5.41) is 12.3. The van der Waals surface area contributed by atoms with E-state index in [0.717, 1.165) is 12.0 Å². The summed E-state index contributed by atoms with van der Waals surface area (Å²) in [7, 11) is 0. The second-order valence-corrected chi connectivity index (χ2v) is 7.12. The van der Waals surface area contributed by atoms with Crippen LogP contribution in [0.15, 0.2) is 30.3 Å². The van der Waals surface area contributed by atoms with Gasteiger partial charge in [0.15, 0.2) is 0 Å². The third kappa shape index (κ3) is 4.98. The maximum atomic E-state index is 11.9. The SMILES string of the molecule is CC(C)(C)OC(=O)N[C@@H]1CC[C@H](c2ccccc2)C[C@H]1C(=O)O. The van der Waals surface area contributed by atoms with Crippen molar-refractivity contribution in [3.05, 3.63) is 35.9 Å². The molecule has 1 aliphatic rings. The lowest BCUT2D eigenvalue weighted by atomic mass is 9.75. The summed E-state index contributed by atoms with van der Waals surface area (Å²) in [5.74, 6) is -1.25. The van der Waals surface area contributed by atoms with Gasteiger partial charge >= 0.3 is 12.1 Å². The van der Waals surface area contributed by atoms with Gasteiger partial charge in [0.2, 0.25) is 0 Å². The Labute approximate surface area is 137 Å². The molecule has 0 bridgehead atoms. The molecule has 0 unspecified atom stereocenters. The van der Waals surface area contributed by atoms with Crippen LogP contribution < -0.4 is 5.32 Å². The number of rotatable bonds is 3. The zero-order chi connectivity index (χ0) is 17.0. The standard InChI is InChI=1S/C18H25NO4/c1-18(2,3)23-17(22)19-15-10-9-13(11-14(15)16(20)21)12-7-5-4-6-8-12/h4-8,13-15H,9-11H2,1-3H3,(H,19,22)(H,20,21)/t13-,14+,15+/m0/s1. The van der Waals surface area contributed by atoms with Crippen molar-refractivity contribution in [3.63, 3.8) is 0 Å². The molecule has 23 heavy (non-hydrogen) atoms. The van der Waals surface area contributed by atoms with Gasteiger partial charge in [-0.2, -0.15) is 0 Å². The molecule has 1 fully saturated rings. The molecule has 126 valence electrons. The Hall–Kier alpha value is -2.04. The Bertz CT molecular complexity index is 550. The van der Waals surface area contributed by atoms with Gasteiger partial charge in [-0.25, -0.2) is 4.79 Å². The summed E-state index contributed by atoms with van der Waals surface area (Å²) >= 11 is 0. The Morgan fingerprint density at radius 2 is 1.83 bits per heavy atom. The number of carboxylic acid groups (broad SMARTS) is 1. The molecule has 3 atom stereocenters. The van der Waals surface area contributed by atoms with E-state index in [1.165, 1.54) is 0 Å². The van der Waals surface area contributed by atoms with Crippen LogP contribution in [0, 0.1) is 5.92 Å². The Balaban J connectivity index is 2.03. The van der Waals surface area contributed by atoms with Crippen molar-refractivity contribution in [2.45, 2.75) is 57.6 Å². The number of hydrogen-bond acceptors (Lipinski definition) is 3. The van der Waals surface area contributed by atoms with Crippen molar-refractivity contribution in [2.24, 2.45) is 5.92 Å². The van der Waals surface area contributed by atoms with E-state index in [2.05, 4.69) is 5.32 Å². The first-order valence-electron chi connectivity index (χ1n) is 8.03. The van der Waals surface area contributed by atoms with Crippen LogP contribution in [0.3, 0.4) is 0 Å². The number of benzene rings is 1. The molecule has 2 N–H and O–H groups in total. The van der Waals surface area contributed by atoms with Gasteiger partial charge in [0.25, 0.3) is 0 Å². The van der Waals surface area contributed by atoms with E-state index < -0.39 is 23.6 Å². The second kappa shape index (κ2) is 7.02. The highest BCUT2D eigenvalue weighted by Crippen LogP contribution is 2.36. The third-order valence-electron chi connectivity index (χ3n) is 4.14. The summed E-state index contributed by atoms with van der Waals surface area (Å²) in [6.07, 6.45) is 1.47. The molecule has 2 rings (SSSR count). The smallest absolute Gasteiger partial charge is 0.407 e. The molecule has 1 aromatic rings. The van der Waals surface area contributed by atoms with Gasteiger partial charge in [-0.1, -0.05) is 30.3 Å². The molecule has 0 aromatic heterocycles. The Morgan fingerprint density at radius 3 is 2.39 bits per heavy atom. The molecule has 1 saturated carbocycles. The van der Waals surface area contributed by atoms with Gasteiger partial charge in [0, 0.05) is 6.04 Å². The summed E-state index contributed by atoms with van der Waals surface area (Å²) in [6.45, 7) is 5.36. The fraction of sp³-hybridized carbons (Fsp3) is 0.556. The fourth-order valence-corrected chi connectivity index (χ4v) is 3.10.